The highest BCUT2D eigenvalue weighted by molar-refractivity contribution is 7.47. The minimum atomic E-state index is -4.97. The van der Waals surface area contributed by atoms with Crippen molar-refractivity contribution in [1.82, 2.24) is 0 Å². The molecule has 0 amide bonds. The maximum absolute atomic E-state index is 13.0. The number of allylic oxidation sites excluding steroid dienone is 10. The van der Waals surface area contributed by atoms with Crippen LogP contribution in [0.25, 0.3) is 0 Å². The number of carbonyl (C=O) groups excluding carboxylic acids is 4. The van der Waals surface area contributed by atoms with Crippen LogP contribution in [-0.4, -0.2) is 96.7 Å². The number of hydrogen-bond acceptors (Lipinski definition) is 15. The average molecular weight is 1370 g/mol. The van der Waals surface area contributed by atoms with Crippen LogP contribution < -0.4 is 0 Å². The number of phosphoric ester groups is 2. The molecular formula is C75H136O17P2. The molecule has 0 aromatic heterocycles. The number of phosphoric acid groups is 2. The van der Waals surface area contributed by atoms with Crippen LogP contribution in [0.2, 0.25) is 0 Å². The summed E-state index contributed by atoms with van der Waals surface area (Å²) in [5.74, 6) is -2.20. The smallest absolute Gasteiger partial charge is 0.462 e. The van der Waals surface area contributed by atoms with Gasteiger partial charge in [-0.15, -0.1) is 0 Å². The summed E-state index contributed by atoms with van der Waals surface area (Å²) < 4.78 is 68.3. The molecule has 0 bridgehead atoms. The van der Waals surface area contributed by atoms with Gasteiger partial charge in [0.25, 0.3) is 0 Å². The second-order valence-corrected chi connectivity index (χ2v) is 28.1. The third-order valence-electron chi connectivity index (χ3n) is 15.9. The van der Waals surface area contributed by atoms with E-state index in [0.29, 0.717) is 25.7 Å². The van der Waals surface area contributed by atoms with Gasteiger partial charge in [0.15, 0.2) is 12.2 Å². The Kier molecular flexibility index (Phi) is 65.9. The Morgan fingerprint density at radius 1 is 0.298 bits per heavy atom. The van der Waals surface area contributed by atoms with Gasteiger partial charge in [0, 0.05) is 25.7 Å². The second-order valence-electron chi connectivity index (χ2n) is 25.2. The molecular weight excluding hydrogens is 1230 g/mol. The molecule has 0 aliphatic rings. The molecule has 0 fully saturated rings. The van der Waals surface area contributed by atoms with Crippen molar-refractivity contribution in [2.75, 3.05) is 39.6 Å². The molecule has 0 rings (SSSR count). The summed E-state index contributed by atoms with van der Waals surface area (Å²) in [6.45, 7) is 4.78. The number of rotatable bonds is 71. The number of aliphatic hydroxyl groups is 1. The minimum absolute atomic E-state index is 0.0842. The first-order valence-electron chi connectivity index (χ1n) is 37.5. The lowest BCUT2D eigenvalue weighted by Crippen LogP contribution is -2.30. The summed E-state index contributed by atoms with van der Waals surface area (Å²) in [6.07, 6.45) is 65.0. The molecule has 0 heterocycles. The van der Waals surface area contributed by atoms with E-state index in [4.69, 9.17) is 37.0 Å². The molecule has 19 heteroatoms. The van der Waals surface area contributed by atoms with E-state index in [2.05, 4.69) is 88.5 Å². The van der Waals surface area contributed by atoms with Gasteiger partial charge in [-0.1, -0.05) is 243 Å². The lowest BCUT2D eigenvalue weighted by Gasteiger charge is -2.21. The van der Waals surface area contributed by atoms with E-state index >= 15 is 0 Å². The number of hydrogen-bond donors (Lipinski definition) is 3. The summed E-state index contributed by atoms with van der Waals surface area (Å²) in [5.41, 5.74) is 0. The fourth-order valence-corrected chi connectivity index (χ4v) is 11.7. The van der Waals surface area contributed by atoms with Crippen LogP contribution in [0.5, 0.6) is 0 Å². The zero-order valence-electron chi connectivity index (χ0n) is 59.6. The molecule has 0 spiro atoms. The summed E-state index contributed by atoms with van der Waals surface area (Å²) >= 11 is 0. The first-order chi connectivity index (χ1) is 45.7. The van der Waals surface area contributed by atoms with Gasteiger partial charge < -0.3 is 33.8 Å². The van der Waals surface area contributed by atoms with Crippen LogP contribution in [-0.2, 0) is 65.4 Å². The fraction of sp³-hybridized carbons (Fsp3) is 0.813. The number of aliphatic hydroxyl groups excluding tert-OH is 1. The zero-order valence-corrected chi connectivity index (χ0v) is 61.4. The van der Waals surface area contributed by atoms with E-state index in [0.717, 1.165) is 161 Å². The predicted octanol–water partition coefficient (Wildman–Crippen LogP) is 21.1. The van der Waals surface area contributed by atoms with Crippen LogP contribution in [0.1, 0.15) is 336 Å². The molecule has 3 N–H and O–H groups in total. The minimum Gasteiger partial charge on any atom is -0.462 e. The van der Waals surface area contributed by atoms with Crippen molar-refractivity contribution in [3.05, 3.63) is 60.8 Å². The van der Waals surface area contributed by atoms with Crippen LogP contribution in [0.4, 0.5) is 0 Å². The van der Waals surface area contributed by atoms with Gasteiger partial charge in [-0.3, -0.25) is 37.3 Å². The largest absolute Gasteiger partial charge is 0.472 e. The molecule has 0 saturated carbocycles. The number of unbranched alkanes of at least 4 members (excludes halogenated alkanes) is 35. The fourth-order valence-electron chi connectivity index (χ4n) is 10.1. The third-order valence-corrected chi connectivity index (χ3v) is 17.8. The van der Waals surface area contributed by atoms with Crippen LogP contribution >= 0.6 is 15.6 Å². The number of ether oxygens (including phenoxy) is 4. The van der Waals surface area contributed by atoms with Gasteiger partial charge in [0.2, 0.25) is 0 Å². The topological polar surface area (TPSA) is 237 Å². The van der Waals surface area contributed by atoms with Gasteiger partial charge in [0.05, 0.1) is 26.4 Å². The van der Waals surface area contributed by atoms with Crippen LogP contribution in [0.3, 0.4) is 0 Å². The van der Waals surface area contributed by atoms with Gasteiger partial charge in [-0.25, -0.2) is 9.13 Å². The van der Waals surface area contributed by atoms with Gasteiger partial charge >= 0.3 is 39.5 Å². The zero-order chi connectivity index (χ0) is 69.0. The number of esters is 4. The van der Waals surface area contributed by atoms with Crippen molar-refractivity contribution in [3.63, 3.8) is 0 Å². The van der Waals surface area contributed by atoms with E-state index in [1.807, 2.05) is 0 Å². The molecule has 0 aromatic carbocycles. The Morgan fingerprint density at radius 3 is 0.862 bits per heavy atom. The summed E-state index contributed by atoms with van der Waals surface area (Å²) in [6, 6.07) is 0. The highest BCUT2D eigenvalue weighted by Crippen LogP contribution is 2.45. The van der Waals surface area contributed by atoms with Crippen LogP contribution in [0, 0.1) is 0 Å². The lowest BCUT2D eigenvalue weighted by atomic mass is 10.1. The SMILES string of the molecule is CCCC/C=C\CCCCCCCC(=O)OC(COC(=O)CCCCCCC/C=C\C/C=C\CCCCC)COP(=O)(O)OCC(O)COP(=O)(O)OCC(COC(=O)CCCCCCC/C=C\CCCCCCCC)OC(=O)CCCCCCC/C=C\CCCCCC. The molecule has 0 saturated heterocycles. The monoisotopic (exact) mass is 1370 g/mol. The summed E-state index contributed by atoms with van der Waals surface area (Å²) in [4.78, 5) is 72.7. The van der Waals surface area contributed by atoms with E-state index in [9.17, 15) is 43.2 Å². The lowest BCUT2D eigenvalue weighted by molar-refractivity contribution is -0.161. The maximum Gasteiger partial charge on any atom is 0.472 e. The first-order valence-corrected chi connectivity index (χ1v) is 40.5. The molecule has 17 nitrogen and oxygen atoms in total. The van der Waals surface area contributed by atoms with Gasteiger partial charge in [0.1, 0.15) is 19.3 Å². The third kappa shape index (κ3) is 67.3. The molecule has 5 unspecified atom stereocenters. The quantitative estimate of drug-likeness (QED) is 0.0169. The second kappa shape index (κ2) is 68.3. The predicted molar refractivity (Wildman–Crippen MR) is 381 cm³/mol. The van der Waals surface area contributed by atoms with Crippen molar-refractivity contribution in [1.29, 1.82) is 0 Å². The molecule has 0 aliphatic carbocycles. The van der Waals surface area contributed by atoms with Crippen LogP contribution in [0.15, 0.2) is 60.8 Å². The molecule has 94 heavy (non-hydrogen) atoms. The first kappa shape index (κ1) is 90.8. The highest BCUT2D eigenvalue weighted by Gasteiger charge is 2.30. The molecule has 5 atom stereocenters. The Morgan fingerprint density at radius 2 is 0.532 bits per heavy atom. The van der Waals surface area contributed by atoms with E-state index in [1.54, 1.807) is 0 Å². The summed E-state index contributed by atoms with van der Waals surface area (Å²) in [5, 5.41) is 10.6. The van der Waals surface area contributed by atoms with Crippen molar-refractivity contribution in [2.45, 2.75) is 354 Å². The Bertz CT molecular complexity index is 2030. The maximum atomic E-state index is 13.0. The van der Waals surface area contributed by atoms with E-state index in [-0.39, 0.29) is 25.7 Å². The van der Waals surface area contributed by atoms with Crippen molar-refractivity contribution >= 4 is 39.5 Å². The van der Waals surface area contributed by atoms with Gasteiger partial charge in [-0.2, -0.15) is 0 Å². The Hall–Kier alpha value is -3.24. The van der Waals surface area contributed by atoms with Crippen molar-refractivity contribution in [3.8, 4) is 0 Å². The average Bonchev–Trinajstić information content (AvgIpc) is 2.22. The molecule has 0 aromatic rings. The normalized spacial score (nSPS) is 14.3. The van der Waals surface area contributed by atoms with E-state index < -0.39 is 97.5 Å². The highest BCUT2D eigenvalue weighted by atomic mass is 31.2. The van der Waals surface area contributed by atoms with Crippen molar-refractivity contribution < 1.29 is 80.2 Å². The Balaban J connectivity index is 5.31. The molecule has 0 aliphatic heterocycles. The molecule has 0 radical (unpaired) electrons. The van der Waals surface area contributed by atoms with Gasteiger partial charge in [-0.05, 0) is 128 Å². The Labute approximate surface area is 571 Å². The summed E-state index contributed by atoms with van der Waals surface area (Å²) in [7, 11) is -9.94. The molecule has 548 valence electrons. The van der Waals surface area contributed by atoms with E-state index in [1.165, 1.54) is 96.3 Å². The van der Waals surface area contributed by atoms with Crippen molar-refractivity contribution in [2.24, 2.45) is 0 Å². The standard InChI is InChI=1S/C75H136O17P2/c1-5-9-13-17-21-25-29-32-34-37-40-43-47-51-55-59-72(77)85-65-70(91-74(79)61-57-53-49-45-39-28-24-20-16-12-8-4)67-89-93(81,82)87-63-69(76)64-88-94(83,84)90-68-71(92-75(80)62-58-54-50-46-42-36-31-27-23-19-15-11-7-3)66-86-73(78)60-56-52-48-44-41-38-35-33-30-26-22-18-14-10-6-2/h20-21,24-25,27,31-35,69-71,76H,5-19,22-23,26,28-30,36-68H2,1-4H3,(H,81,82)(H,83,84)/b24-20-,25-21-,31-27-,34-32-,35-33-. The number of carbonyl (C=O) groups is 4.